The van der Waals surface area contributed by atoms with Gasteiger partial charge in [0.2, 0.25) is 0 Å². The van der Waals surface area contributed by atoms with Gasteiger partial charge in [-0.05, 0) is 38.0 Å². The molecule has 2 rings (SSSR count). The molecule has 10 heavy (non-hydrogen) atoms. The number of nitrogens with zero attached hydrogens (tertiary/aromatic N) is 1. The summed E-state index contributed by atoms with van der Waals surface area (Å²) < 4.78 is 0. The molecule has 0 aromatic heterocycles. The van der Waals surface area contributed by atoms with Crippen molar-refractivity contribution in [1.82, 2.24) is 0 Å². The Labute approximate surface area is 61.0 Å². The standard InChI is InChI=1S/C8H13NO/c10-8-4-1-2-7(6-8)3-5-9-8/h5,7,10H,1-4,6H2. The second-order valence-corrected chi connectivity index (χ2v) is 3.49. The van der Waals surface area contributed by atoms with Crippen LogP contribution in [0.1, 0.15) is 32.1 Å². The summed E-state index contributed by atoms with van der Waals surface area (Å²) in [6.45, 7) is 0. The van der Waals surface area contributed by atoms with E-state index in [0.717, 1.165) is 31.6 Å². The van der Waals surface area contributed by atoms with E-state index in [1.165, 1.54) is 6.42 Å². The summed E-state index contributed by atoms with van der Waals surface area (Å²) in [4.78, 5) is 4.11. The van der Waals surface area contributed by atoms with Crippen molar-refractivity contribution < 1.29 is 5.11 Å². The van der Waals surface area contributed by atoms with Crippen molar-refractivity contribution in [1.29, 1.82) is 0 Å². The van der Waals surface area contributed by atoms with E-state index in [-0.39, 0.29) is 0 Å². The molecule has 0 saturated heterocycles. The van der Waals surface area contributed by atoms with Crippen LogP contribution in [0.15, 0.2) is 4.99 Å². The smallest absolute Gasteiger partial charge is 0.155 e. The Hall–Kier alpha value is -0.370. The Bertz CT molecular complexity index is 167. The summed E-state index contributed by atoms with van der Waals surface area (Å²) in [6.07, 6.45) is 7.20. The number of hydrogen-bond acceptors (Lipinski definition) is 2. The van der Waals surface area contributed by atoms with Crippen molar-refractivity contribution in [2.75, 3.05) is 0 Å². The lowest BCUT2D eigenvalue weighted by Crippen LogP contribution is -2.36. The third kappa shape index (κ3) is 0.966. The molecule has 1 heterocycles. The number of hydrogen-bond donors (Lipinski definition) is 1. The number of aliphatic hydroxyl groups is 1. The molecule has 0 radical (unpaired) electrons. The van der Waals surface area contributed by atoms with Gasteiger partial charge in [-0.2, -0.15) is 0 Å². The molecule has 1 fully saturated rings. The van der Waals surface area contributed by atoms with Crippen LogP contribution in [-0.2, 0) is 0 Å². The molecule has 2 bridgehead atoms. The van der Waals surface area contributed by atoms with Crippen LogP contribution in [-0.4, -0.2) is 17.0 Å². The Balaban J connectivity index is 2.20. The van der Waals surface area contributed by atoms with Crippen molar-refractivity contribution >= 4 is 6.21 Å². The minimum atomic E-state index is -0.652. The van der Waals surface area contributed by atoms with Crippen molar-refractivity contribution in [2.24, 2.45) is 10.9 Å². The zero-order valence-corrected chi connectivity index (χ0v) is 6.08. The molecule has 0 amide bonds. The highest BCUT2D eigenvalue weighted by Gasteiger charge is 2.35. The lowest BCUT2D eigenvalue weighted by molar-refractivity contribution is -0.0121. The lowest BCUT2D eigenvalue weighted by atomic mass is 9.80. The number of aliphatic imine (C=N–C) groups is 1. The fourth-order valence-electron chi connectivity index (χ4n) is 2.03. The van der Waals surface area contributed by atoms with Crippen LogP contribution in [0.2, 0.25) is 0 Å². The largest absolute Gasteiger partial charge is 0.369 e. The van der Waals surface area contributed by atoms with E-state index < -0.39 is 5.72 Å². The molecule has 0 aromatic carbocycles. The van der Waals surface area contributed by atoms with Gasteiger partial charge in [-0.1, -0.05) is 0 Å². The molecule has 2 nitrogen and oxygen atoms in total. The summed E-state index contributed by atoms with van der Waals surface area (Å²) in [7, 11) is 0. The summed E-state index contributed by atoms with van der Waals surface area (Å²) in [5.41, 5.74) is -0.652. The lowest BCUT2D eigenvalue weighted by Gasteiger charge is -2.36. The molecular weight excluding hydrogens is 126 g/mol. The SMILES string of the molecule is OC12CCCC(CC=N1)C2. The van der Waals surface area contributed by atoms with Crippen molar-refractivity contribution in [3.8, 4) is 0 Å². The fourth-order valence-corrected chi connectivity index (χ4v) is 2.03. The summed E-state index contributed by atoms with van der Waals surface area (Å²) in [5, 5.41) is 9.70. The molecule has 2 aliphatic rings. The summed E-state index contributed by atoms with van der Waals surface area (Å²) in [5.74, 6) is 0.719. The van der Waals surface area contributed by atoms with Gasteiger partial charge in [0.1, 0.15) is 0 Å². The summed E-state index contributed by atoms with van der Waals surface area (Å²) >= 11 is 0. The third-order valence-electron chi connectivity index (χ3n) is 2.58. The predicted molar refractivity (Wildman–Crippen MR) is 40.0 cm³/mol. The van der Waals surface area contributed by atoms with Crippen molar-refractivity contribution in [3.05, 3.63) is 0 Å². The van der Waals surface area contributed by atoms with Gasteiger partial charge in [0.25, 0.3) is 0 Å². The Morgan fingerprint density at radius 1 is 1.60 bits per heavy atom. The highest BCUT2D eigenvalue weighted by molar-refractivity contribution is 5.59. The second-order valence-electron chi connectivity index (χ2n) is 3.49. The van der Waals surface area contributed by atoms with Gasteiger partial charge >= 0.3 is 0 Å². The van der Waals surface area contributed by atoms with Crippen LogP contribution in [0.4, 0.5) is 0 Å². The zero-order chi connectivity index (χ0) is 7.03. The van der Waals surface area contributed by atoms with Crippen LogP contribution in [0, 0.1) is 5.92 Å². The fraction of sp³-hybridized carbons (Fsp3) is 0.875. The Morgan fingerprint density at radius 3 is 3.20 bits per heavy atom. The normalized spacial score (nSPS) is 45.5. The first-order valence-electron chi connectivity index (χ1n) is 4.05. The van der Waals surface area contributed by atoms with E-state index in [1.54, 1.807) is 0 Å². The van der Waals surface area contributed by atoms with E-state index in [0.29, 0.717) is 0 Å². The van der Waals surface area contributed by atoms with Gasteiger partial charge < -0.3 is 5.11 Å². The maximum atomic E-state index is 9.70. The van der Waals surface area contributed by atoms with Crippen molar-refractivity contribution in [2.45, 2.75) is 37.8 Å². The van der Waals surface area contributed by atoms with Gasteiger partial charge in [-0.3, -0.25) is 4.99 Å². The van der Waals surface area contributed by atoms with Gasteiger partial charge in [0.15, 0.2) is 5.72 Å². The topological polar surface area (TPSA) is 32.6 Å². The first kappa shape index (κ1) is 6.35. The highest BCUT2D eigenvalue weighted by Crippen LogP contribution is 2.37. The van der Waals surface area contributed by atoms with E-state index in [1.807, 2.05) is 6.21 Å². The van der Waals surface area contributed by atoms with Gasteiger partial charge in [-0.15, -0.1) is 0 Å². The van der Waals surface area contributed by atoms with Crippen LogP contribution < -0.4 is 0 Å². The second kappa shape index (κ2) is 2.06. The maximum absolute atomic E-state index is 9.70. The highest BCUT2D eigenvalue weighted by atomic mass is 16.3. The van der Waals surface area contributed by atoms with Crippen molar-refractivity contribution in [3.63, 3.8) is 0 Å². The Morgan fingerprint density at radius 2 is 2.50 bits per heavy atom. The molecule has 2 atom stereocenters. The van der Waals surface area contributed by atoms with Crippen LogP contribution in [0.3, 0.4) is 0 Å². The third-order valence-corrected chi connectivity index (χ3v) is 2.58. The van der Waals surface area contributed by atoms with Gasteiger partial charge in [0.05, 0.1) is 0 Å². The molecule has 0 aromatic rings. The van der Waals surface area contributed by atoms with Crippen LogP contribution in [0.25, 0.3) is 0 Å². The first-order valence-corrected chi connectivity index (χ1v) is 4.05. The summed E-state index contributed by atoms with van der Waals surface area (Å²) in [6, 6.07) is 0. The molecular formula is C8H13NO. The average Bonchev–Trinajstić information content (AvgIpc) is 1.86. The van der Waals surface area contributed by atoms with E-state index in [2.05, 4.69) is 4.99 Å². The number of rotatable bonds is 0. The predicted octanol–water partition coefficient (Wildman–Crippen LogP) is 1.34. The molecule has 2 heteroatoms. The molecule has 1 N–H and O–H groups in total. The molecule has 1 aliphatic heterocycles. The van der Waals surface area contributed by atoms with Crippen LogP contribution in [0.5, 0.6) is 0 Å². The Kier molecular flexibility index (Phi) is 1.31. The van der Waals surface area contributed by atoms with E-state index in [9.17, 15) is 5.11 Å². The molecule has 56 valence electrons. The first-order chi connectivity index (χ1) is 4.79. The minimum Gasteiger partial charge on any atom is -0.369 e. The molecule has 1 aliphatic carbocycles. The monoisotopic (exact) mass is 139 g/mol. The van der Waals surface area contributed by atoms with Gasteiger partial charge in [0, 0.05) is 6.21 Å². The van der Waals surface area contributed by atoms with E-state index in [4.69, 9.17) is 0 Å². The average molecular weight is 139 g/mol. The van der Waals surface area contributed by atoms with Gasteiger partial charge in [-0.25, -0.2) is 0 Å². The zero-order valence-electron chi connectivity index (χ0n) is 6.08. The quantitative estimate of drug-likeness (QED) is 0.539. The molecule has 1 saturated carbocycles. The minimum absolute atomic E-state index is 0.652. The molecule has 2 unspecified atom stereocenters. The maximum Gasteiger partial charge on any atom is 0.155 e. The molecule has 0 spiro atoms. The van der Waals surface area contributed by atoms with Crippen LogP contribution >= 0.6 is 0 Å². The number of fused-ring (bicyclic) bond motifs is 2. The van der Waals surface area contributed by atoms with E-state index >= 15 is 0 Å².